The Morgan fingerprint density at radius 1 is 1.07 bits per heavy atom. The Kier molecular flexibility index (Phi) is 4.47. The van der Waals surface area contributed by atoms with Gasteiger partial charge in [0.2, 0.25) is 5.91 Å². The maximum absolute atomic E-state index is 12.9. The summed E-state index contributed by atoms with van der Waals surface area (Å²) >= 11 is 0. The predicted molar refractivity (Wildman–Crippen MR) is 106 cm³/mol. The zero-order valence-corrected chi connectivity index (χ0v) is 15.7. The van der Waals surface area contributed by atoms with E-state index in [-0.39, 0.29) is 24.4 Å². The van der Waals surface area contributed by atoms with Gasteiger partial charge in [0.25, 0.3) is 5.91 Å². The summed E-state index contributed by atoms with van der Waals surface area (Å²) in [4.78, 5) is 40.6. The van der Waals surface area contributed by atoms with Gasteiger partial charge in [0.05, 0.1) is 5.56 Å². The van der Waals surface area contributed by atoms with E-state index in [4.69, 9.17) is 4.42 Å². The van der Waals surface area contributed by atoms with E-state index in [2.05, 4.69) is 0 Å². The Hall–Kier alpha value is -3.41. The smallest absolute Gasteiger partial charge is 0.344 e. The van der Waals surface area contributed by atoms with Crippen LogP contribution in [0.3, 0.4) is 0 Å². The van der Waals surface area contributed by atoms with Crippen molar-refractivity contribution in [3.63, 3.8) is 0 Å². The SMILES string of the molecule is C[C@H]1CN(C(=O)c2cccc(-c3cc4ccccc4oc3=O)c2)CC(=O)N1C. The number of amides is 2. The van der Waals surface area contributed by atoms with Crippen LogP contribution in [0.5, 0.6) is 0 Å². The van der Waals surface area contributed by atoms with Crippen molar-refractivity contribution < 1.29 is 14.0 Å². The summed E-state index contributed by atoms with van der Waals surface area (Å²) in [5.41, 5.74) is 1.52. The molecule has 142 valence electrons. The molecule has 1 saturated heterocycles. The standard InChI is InChI=1S/C22H20N2O4/c1-14-12-24(13-20(25)23(14)2)21(26)17-8-5-7-15(10-17)18-11-16-6-3-4-9-19(16)28-22(18)27/h3-11,14H,12-13H2,1-2H3/t14-/m0/s1. The van der Waals surface area contributed by atoms with E-state index in [1.807, 2.05) is 25.1 Å². The molecule has 1 aliphatic rings. The Balaban J connectivity index is 1.69. The summed E-state index contributed by atoms with van der Waals surface area (Å²) in [7, 11) is 1.74. The van der Waals surface area contributed by atoms with Crippen LogP contribution in [-0.2, 0) is 4.79 Å². The van der Waals surface area contributed by atoms with Gasteiger partial charge in [-0.1, -0.05) is 30.3 Å². The number of benzene rings is 2. The van der Waals surface area contributed by atoms with E-state index < -0.39 is 5.63 Å². The zero-order chi connectivity index (χ0) is 19.8. The normalized spacial score (nSPS) is 17.2. The average Bonchev–Trinajstić information content (AvgIpc) is 2.70. The molecule has 0 radical (unpaired) electrons. The van der Waals surface area contributed by atoms with Gasteiger partial charge in [-0.2, -0.15) is 0 Å². The van der Waals surface area contributed by atoms with Gasteiger partial charge < -0.3 is 14.2 Å². The number of piperazine rings is 1. The number of hydrogen-bond donors (Lipinski definition) is 0. The third kappa shape index (κ3) is 3.17. The van der Waals surface area contributed by atoms with Gasteiger partial charge in [-0.05, 0) is 36.8 Å². The van der Waals surface area contributed by atoms with Gasteiger partial charge in [-0.3, -0.25) is 9.59 Å². The van der Waals surface area contributed by atoms with Crippen molar-refractivity contribution in [3.05, 3.63) is 70.6 Å². The second kappa shape index (κ2) is 6.96. The summed E-state index contributed by atoms with van der Waals surface area (Å²) in [5, 5.41) is 0.812. The van der Waals surface area contributed by atoms with Crippen molar-refractivity contribution in [2.45, 2.75) is 13.0 Å². The molecule has 2 amide bonds. The first kappa shape index (κ1) is 18.0. The first-order chi connectivity index (χ1) is 13.4. The molecular weight excluding hydrogens is 356 g/mol. The van der Waals surface area contributed by atoms with Gasteiger partial charge in [-0.25, -0.2) is 4.79 Å². The minimum atomic E-state index is -0.452. The van der Waals surface area contributed by atoms with Gasteiger partial charge >= 0.3 is 5.63 Å². The van der Waals surface area contributed by atoms with Crippen molar-refractivity contribution in [1.82, 2.24) is 9.80 Å². The Bertz CT molecular complexity index is 1130. The molecule has 0 unspecified atom stereocenters. The molecule has 2 heterocycles. The quantitative estimate of drug-likeness (QED) is 0.645. The van der Waals surface area contributed by atoms with Crippen LogP contribution < -0.4 is 5.63 Å². The first-order valence-corrected chi connectivity index (χ1v) is 9.12. The highest BCUT2D eigenvalue weighted by Crippen LogP contribution is 2.23. The molecule has 4 rings (SSSR count). The molecular formula is C22H20N2O4. The van der Waals surface area contributed by atoms with E-state index in [0.717, 1.165) is 5.39 Å². The minimum absolute atomic E-state index is 0.0408. The van der Waals surface area contributed by atoms with Crippen molar-refractivity contribution in [1.29, 1.82) is 0 Å². The molecule has 0 aliphatic carbocycles. The summed E-state index contributed by atoms with van der Waals surface area (Å²) in [6.07, 6.45) is 0. The van der Waals surface area contributed by atoms with E-state index in [9.17, 15) is 14.4 Å². The molecule has 2 aromatic carbocycles. The largest absolute Gasteiger partial charge is 0.422 e. The number of likely N-dealkylation sites (N-methyl/N-ethyl adjacent to an activating group) is 1. The second-order valence-electron chi connectivity index (χ2n) is 7.11. The van der Waals surface area contributed by atoms with Crippen LogP contribution in [0.1, 0.15) is 17.3 Å². The van der Waals surface area contributed by atoms with Crippen LogP contribution in [0.2, 0.25) is 0 Å². The van der Waals surface area contributed by atoms with Gasteiger partial charge in [-0.15, -0.1) is 0 Å². The zero-order valence-electron chi connectivity index (χ0n) is 15.7. The first-order valence-electron chi connectivity index (χ1n) is 9.12. The summed E-state index contributed by atoms with van der Waals surface area (Å²) < 4.78 is 5.40. The summed E-state index contributed by atoms with van der Waals surface area (Å²) in [5.74, 6) is -0.307. The number of nitrogens with zero attached hydrogens (tertiary/aromatic N) is 2. The number of fused-ring (bicyclic) bond motifs is 1. The highest BCUT2D eigenvalue weighted by atomic mass is 16.4. The van der Waals surface area contributed by atoms with Crippen LogP contribution in [0.25, 0.3) is 22.1 Å². The van der Waals surface area contributed by atoms with E-state index in [0.29, 0.717) is 28.8 Å². The van der Waals surface area contributed by atoms with E-state index in [1.54, 1.807) is 53.2 Å². The fourth-order valence-electron chi connectivity index (χ4n) is 3.45. The maximum atomic E-state index is 12.9. The van der Waals surface area contributed by atoms with Gasteiger partial charge in [0.1, 0.15) is 12.1 Å². The lowest BCUT2D eigenvalue weighted by Gasteiger charge is -2.37. The number of para-hydroxylation sites is 1. The van der Waals surface area contributed by atoms with Crippen LogP contribution in [0.4, 0.5) is 0 Å². The molecule has 0 spiro atoms. The van der Waals surface area contributed by atoms with E-state index in [1.165, 1.54) is 0 Å². The molecule has 0 saturated carbocycles. The summed E-state index contributed by atoms with van der Waals surface area (Å²) in [6, 6.07) is 15.9. The van der Waals surface area contributed by atoms with Crippen molar-refractivity contribution in [3.8, 4) is 11.1 Å². The lowest BCUT2D eigenvalue weighted by Crippen LogP contribution is -2.55. The highest BCUT2D eigenvalue weighted by molar-refractivity contribution is 5.98. The maximum Gasteiger partial charge on any atom is 0.344 e. The summed E-state index contributed by atoms with van der Waals surface area (Å²) in [6.45, 7) is 2.44. The molecule has 28 heavy (non-hydrogen) atoms. The van der Waals surface area contributed by atoms with Crippen LogP contribution in [-0.4, -0.2) is 47.8 Å². The molecule has 1 aromatic heterocycles. The molecule has 0 bridgehead atoms. The fraction of sp³-hybridized carbons (Fsp3) is 0.227. The Labute approximate surface area is 162 Å². The molecule has 1 atom stereocenters. The Morgan fingerprint density at radius 3 is 2.64 bits per heavy atom. The average molecular weight is 376 g/mol. The molecule has 0 N–H and O–H groups in total. The second-order valence-corrected chi connectivity index (χ2v) is 7.11. The Morgan fingerprint density at radius 2 is 1.86 bits per heavy atom. The molecule has 6 nitrogen and oxygen atoms in total. The third-order valence-electron chi connectivity index (χ3n) is 5.21. The van der Waals surface area contributed by atoms with Crippen molar-refractivity contribution in [2.75, 3.05) is 20.1 Å². The molecule has 1 fully saturated rings. The van der Waals surface area contributed by atoms with Crippen molar-refractivity contribution >= 4 is 22.8 Å². The molecule has 6 heteroatoms. The van der Waals surface area contributed by atoms with Crippen LogP contribution >= 0.6 is 0 Å². The monoisotopic (exact) mass is 376 g/mol. The topological polar surface area (TPSA) is 70.8 Å². The van der Waals surface area contributed by atoms with Gasteiger partial charge in [0, 0.05) is 30.6 Å². The van der Waals surface area contributed by atoms with Crippen LogP contribution in [0.15, 0.2) is 63.8 Å². The fourth-order valence-corrected chi connectivity index (χ4v) is 3.45. The highest BCUT2D eigenvalue weighted by Gasteiger charge is 2.30. The van der Waals surface area contributed by atoms with E-state index >= 15 is 0 Å². The lowest BCUT2D eigenvalue weighted by atomic mass is 10.0. The number of carbonyl (C=O) groups is 2. The minimum Gasteiger partial charge on any atom is -0.422 e. The number of carbonyl (C=O) groups excluding carboxylic acids is 2. The lowest BCUT2D eigenvalue weighted by molar-refractivity contribution is -0.136. The number of hydrogen-bond acceptors (Lipinski definition) is 4. The van der Waals surface area contributed by atoms with Crippen LogP contribution in [0, 0.1) is 0 Å². The van der Waals surface area contributed by atoms with Gasteiger partial charge in [0.15, 0.2) is 0 Å². The predicted octanol–water partition coefficient (Wildman–Crippen LogP) is 2.76. The third-order valence-corrected chi connectivity index (χ3v) is 5.21. The number of rotatable bonds is 2. The molecule has 3 aromatic rings. The van der Waals surface area contributed by atoms with Crippen molar-refractivity contribution in [2.24, 2.45) is 0 Å². The molecule has 1 aliphatic heterocycles.